The van der Waals surface area contributed by atoms with Crippen LogP contribution in [-0.4, -0.2) is 19.0 Å². The lowest BCUT2D eigenvalue weighted by molar-refractivity contribution is 0.103. The highest BCUT2D eigenvalue weighted by atomic mass is 79.9. The summed E-state index contributed by atoms with van der Waals surface area (Å²) < 4.78 is 11.6. The largest absolute Gasteiger partial charge is 0.486 e. The second-order valence-electron chi connectivity index (χ2n) is 4.39. The highest BCUT2D eigenvalue weighted by Gasteiger charge is 2.20. The van der Waals surface area contributed by atoms with Gasteiger partial charge in [0.2, 0.25) is 0 Å². The number of halogens is 1. The summed E-state index contributed by atoms with van der Waals surface area (Å²) in [6.45, 7) is 0.994. The second-order valence-corrected chi connectivity index (χ2v) is 5.25. The molecular formula is C15H12BrNO3. The van der Waals surface area contributed by atoms with Crippen LogP contribution in [0.4, 0.5) is 5.69 Å². The van der Waals surface area contributed by atoms with Crippen LogP contribution in [0.25, 0.3) is 0 Å². The summed E-state index contributed by atoms with van der Waals surface area (Å²) in [5, 5.41) is 0. The number of nitrogen functional groups attached to an aromatic ring is 1. The van der Waals surface area contributed by atoms with E-state index in [1.807, 2.05) is 0 Å². The van der Waals surface area contributed by atoms with Gasteiger partial charge in [0.25, 0.3) is 0 Å². The number of benzene rings is 2. The maximum absolute atomic E-state index is 12.6. The topological polar surface area (TPSA) is 61.6 Å². The molecule has 0 atom stereocenters. The molecule has 1 aliphatic heterocycles. The first kappa shape index (κ1) is 13.0. The highest BCUT2D eigenvalue weighted by molar-refractivity contribution is 9.10. The summed E-state index contributed by atoms with van der Waals surface area (Å²) in [7, 11) is 0. The van der Waals surface area contributed by atoms with Crippen LogP contribution in [0, 0.1) is 0 Å². The minimum Gasteiger partial charge on any atom is -0.486 e. The van der Waals surface area contributed by atoms with Crippen molar-refractivity contribution in [1.29, 1.82) is 0 Å². The number of hydrogen-bond donors (Lipinski definition) is 1. The van der Waals surface area contributed by atoms with Gasteiger partial charge in [-0.2, -0.15) is 0 Å². The monoisotopic (exact) mass is 333 g/mol. The van der Waals surface area contributed by atoms with E-state index in [1.54, 1.807) is 36.4 Å². The molecule has 0 radical (unpaired) electrons. The average molecular weight is 334 g/mol. The predicted octanol–water partition coefficient (Wildman–Crippen LogP) is 3.03. The molecule has 5 heteroatoms. The second kappa shape index (κ2) is 5.17. The Hall–Kier alpha value is -2.01. The number of fused-ring (bicyclic) bond motifs is 1. The lowest BCUT2D eigenvalue weighted by atomic mass is 10.0. The van der Waals surface area contributed by atoms with Crippen LogP contribution in [0.3, 0.4) is 0 Å². The number of ether oxygens (including phenoxy) is 2. The van der Waals surface area contributed by atoms with Gasteiger partial charge in [-0.1, -0.05) is 12.1 Å². The number of ketones is 1. The molecule has 102 valence electrons. The van der Waals surface area contributed by atoms with Gasteiger partial charge in [-0.3, -0.25) is 4.79 Å². The van der Waals surface area contributed by atoms with Crippen LogP contribution in [0.2, 0.25) is 0 Å². The van der Waals surface area contributed by atoms with E-state index >= 15 is 0 Å². The number of hydrogen-bond acceptors (Lipinski definition) is 4. The summed E-state index contributed by atoms with van der Waals surface area (Å²) in [5.74, 6) is 1.07. The lowest BCUT2D eigenvalue weighted by Gasteiger charge is -2.19. The normalized spacial score (nSPS) is 13.1. The van der Waals surface area contributed by atoms with E-state index in [0.29, 0.717) is 46.0 Å². The fourth-order valence-corrected chi connectivity index (χ4v) is 2.59. The number of para-hydroxylation sites is 1. The predicted molar refractivity (Wildman–Crippen MR) is 79.4 cm³/mol. The van der Waals surface area contributed by atoms with Crippen LogP contribution >= 0.6 is 15.9 Å². The van der Waals surface area contributed by atoms with Crippen molar-refractivity contribution in [2.75, 3.05) is 18.9 Å². The molecule has 1 aliphatic rings. The first-order valence-electron chi connectivity index (χ1n) is 6.15. The number of anilines is 1. The zero-order valence-electron chi connectivity index (χ0n) is 10.6. The minimum atomic E-state index is -0.146. The summed E-state index contributed by atoms with van der Waals surface area (Å²) >= 11 is 3.40. The van der Waals surface area contributed by atoms with Crippen LogP contribution in [-0.2, 0) is 0 Å². The highest BCUT2D eigenvalue weighted by Crippen LogP contribution is 2.36. The molecule has 2 aromatic carbocycles. The zero-order chi connectivity index (χ0) is 14.1. The van der Waals surface area contributed by atoms with Gasteiger partial charge in [0.05, 0.1) is 0 Å². The van der Waals surface area contributed by atoms with Crippen LogP contribution < -0.4 is 15.2 Å². The molecule has 0 aromatic heterocycles. The van der Waals surface area contributed by atoms with Crippen LogP contribution in [0.5, 0.6) is 11.5 Å². The minimum absolute atomic E-state index is 0.146. The summed E-state index contributed by atoms with van der Waals surface area (Å²) in [5.41, 5.74) is 7.30. The zero-order valence-corrected chi connectivity index (χ0v) is 12.1. The maximum Gasteiger partial charge on any atom is 0.196 e. The first-order valence-corrected chi connectivity index (χ1v) is 6.94. The lowest BCUT2D eigenvalue weighted by Crippen LogP contribution is -2.16. The van der Waals surface area contributed by atoms with E-state index < -0.39 is 0 Å². The molecule has 0 saturated heterocycles. The number of nitrogens with two attached hydrogens (primary N) is 1. The third kappa shape index (κ3) is 2.25. The molecule has 0 bridgehead atoms. The Balaban J connectivity index is 2.06. The van der Waals surface area contributed by atoms with E-state index in [0.717, 1.165) is 0 Å². The van der Waals surface area contributed by atoms with Gasteiger partial charge in [-0.05, 0) is 40.2 Å². The molecule has 0 fully saturated rings. The standard InChI is InChI=1S/C15H12BrNO3/c16-11-8-14-13(19-5-6-20-14)7-10(11)15(18)9-3-1-2-4-12(9)17/h1-4,7-8H,5-6,17H2. The quantitative estimate of drug-likeness (QED) is 0.677. The van der Waals surface area contributed by atoms with Gasteiger partial charge in [-0.15, -0.1) is 0 Å². The molecule has 0 unspecified atom stereocenters. The van der Waals surface area contributed by atoms with Gasteiger partial charge < -0.3 is 15.2 Å². The molecule has 2 N–H and O–H groups in total. The van der Waals surface area contributed by atoms with Gasteiger partial charge >= 0.3 is 0 Å². The average Bonchev–Trinajstić information content (AvgIpc) is 2.46. The van der Waals surface area contributed by atoms with Crippen LogP contribution in [0.15, 0.2) is 40.9 Å². The van der Waals surface area contributed by atoms with Crippen molar-refractivity contribution in [3.05, 3.63) is 52.0 Å². The molecule has 0 amide bonds. The number of carbonyl (C=O) groups is 1. The van der Waals surface area contributed by atoms with Crippen molar-refractivity contribution in [3.8, 4) is 11.5 Å². The fraction of sp³-hybridized carbons (Fsp3) is 0.133. The molecule has 2 aromatic rings. The Labute approximate surface area is 124 Å². The van der Waals surface area contributed by atoms with Crippen molar-refractivity contribution in [3.63, 3.8) is 0 Å². The third-order valence-electron chi connectivity index (χ3n) is 3.08. The van der Waals surface area contributed by atoms with Gasteiger partial charge in [0.1, 0.15) is 13.2 Å². The van der Waals surface area contributed by atoms with Gasteiger partial charge in [0, 0.05) is 21.3 Å². The van der Waals surface area contributed by atoms with Crippen molar-refractivity contribution < 1.29 is 14.3 Å². The fourth-order valence-electron chi connectivity index (χ4n) is 2.09. The Morgan fingerprint density at radius 1 is 1.05 bits per heavy atom. The Bertz CT molecular complexity index is 685. The summed E-state index contributed by atoms with van der Waals surface area (Å²) in [6.07, 6.45) is 0. The summed E-state index contributed by atoms with van der Waals surface area (Å²) in [6, 6.07) is 10.4. The van der Waals surface area contributed by atoms with E-state index in [2.05, 4.69) is 15.9 Å². The van der Waals surface area contributed by atoms with Crippen molar-refractivity contribution in [1.82, 2.24) is 0 Å². The molecule has 0 aliphatic carbocycles. The van der Waals surface area contributed by atoms with E-state index in [4.69, 9.17) is 15.2 Å². The third-order valence-corrected chi connectivity index (χ3v) is 3.74. The number of rotatable bonds is 2. The van der Waals surface area contributed by atoms with Gasteiger partial charge in [0.15, 0.2) is 17.3 Å². The molecule has 3 rings (SSSR count). The molecule has 1 heterocycles. The molecule has 4 nitrogen and oxygen atoms in total. The summed E-state index contributed by atoms with van der Waals surface area (Å²) in [4.78, 5) is 12.6. The first-order chi connectivity index (χ1) is 9.66. The van der Waals surface area contributed by atoms with Crippen molar-refractivity contribution >= 4 is 27.4 Å². The van der Waals surface area contributed by atoms with Crippen molar-refractivity contribution in [2.24, 2.45) is 0 Å². The Morgan fingerprint density at radius 2 is 1.70 bits per heavy atom. The smallest absolute Gasteiger partial charge is 0.196 e. The Morgan fingerprint density at radius 3 is 2.40 bits per heavy atom. The van der Waals surface area contributed by atoms with E-state index in [9.17, 15) is 4.79 Å². The molecule has 0 saturated carbocycles. The SMILES string of the molecule is Nc1ccccc1C(=O)c1cc2c(cc1Br)OCCO2. The Kier molecular flexibility index (Phi) is 3.36. The maximum atomic E-state index is 12.6. The van der Waals surface area contributed by atoms with Crippen molar-refractivity contribution in [2.45, 2.75) is 0 Å². The van der Waals surface area contributed by atoms with Gasteiger partial charge in [-0.25, -0.2) is 0 Å². The van der Waals surface area contributed by atoms with E-state index in [1.165, 1.54) is 0 Å². The van der Waals surface area contributed by atoms with E-state index in [-0.39, 0.29) is 5.78 Å². The molecule has 0 spiro atoms. The molecule has 20 heavy (non-hydrogen) atoms. The number of carbonyl (C=O) groups excluding carboxylic acids is 1. The molecular weight excluding hydrogens is 322 g/mol. The van der Waals surface area contributed by atoms with Crippen LogP contribution in [0.1, 0.15) is 15.9 Å².